The van der Waals surface area contributed by atoms with Crippen LogP contribution in [0.25, 0.3) is 0 Å². The van der Waals surface area contributed by atoms with Crippen LogP contribution in [-0.2, 0) is 6.42 Å². The number of aryl methyl sites for hydroxylation is 1. The first-order chi connectivity index (χ1) is 8.93. The lowest BCUT2D eigenvalue weighted by Gasteiger charge is -1.98. The highest BCUT2D eigenvalue weighted by Crippen LogP contribution is 2.07. The van der Waals surface area contributed by atoms with E-state index in [9.17, 15) is 0 Å². The Morgan fingerprint density at radius 1 is 0.778 bits per heavy atom. The Kier molecular flexibility index (Phi) is 9.18. The van der Waals surface area contributed by atoms with Crippen molar-refractivity contribution in [3.63, 3.8) is 0 Å². The van der Waals surface area contributed by atoms with Gasteiger partial charge >= 0.3 is 0 Å². The normalized spacial score (nSPS) is 11.2. The molecule has 0 aromatic heterocycles. The van der Waals surface area contributed by atoms with Crippen molar-refractivity contribution in [3.05, 3.63) is 48.0 Å². The third-order valence-electron chi connectivity index (χ3n) is 3.14. The maximum Gasteiger partial charge on any atom is 0.0431 e. The van der Waals surface area contributed by atoms with E-state index in [1.807, 2.05) is 0 Å². The van der Waals surface area contributed by atoms with Gasteiger partial charge < -0.3 is 5.11 Å². The number of rotatable bonds is 10. The van der Waals surface area contributed by atoms with Crippen LogP contribution in [0.1, 0.15) is 50.5 Å². The van der Waals surface area contributed by atoms with Crippen molar-refractivity contribution < 1.29 is 5.11 Å². The highest BCUT2D eigenvalue weighted by molar-refractivity contribution is 5.15. The molecule has 1 N–H and O–H groups in total. The molecule has 0 bridgehead atoms. The average molecular weight is 246 g/mol. The SMILES string of the molecule is OCCCCCCC/C=C/CCc1ccccc1. The van der Waals surface area contributed by atoms with E-state index in [1.165, 1.54) is 37.7 Å². The topological polar surface area (TPSA) is 20.2 Å². The summed E-state index contributed by atoms with van der Waals surface area (Å²) in [5, 5.41) is 8.65. The van der Waals surface area contributed by atoms with Gasteiger partial charge in [-0.2, -0.15) is 0 Å². The number of unbranched alkanes of at least 4 members (excludes halogenated alkanes) is 5. The van der Waals surface area contributed by atoms with Gasteiger partial charge in [0.2, 0.25) is 0 Å². The zero-order chi connectivity index (χ0) is 12.9. The molecule has 0 spiro atoms. The Morgan fingerprint density at radius 3 is 2.22 bits per heavy atom. The average Bonchev–Trinajstić information content (AvgIpc) is 2.42. The molecule has 0 radical (unpaired) electrons. The van der Waals surface area contributed by atoms with Crippen molar-refractivity contribution >= 4 is 0 Å². The van der Waals surface area contributed by atoms with Crippen LogP contribution in [-0.4, -0.2) is 11.7 Å². The van der Waals surface area contributed by atoms with Crippen molar-refractivity contribution in [2.75, 3.05) is 6.61 Å². The molecular formula is C17H26O. The van der Waals surface area contributed by atoms with E-state index in [2.05, 4.69) is 42.5 Å². The molecule has 1 heteroatoms. The maximum absolute atomic E-state index is 8.65. The van der Waals surface area contributed by atoms with Gasteiger partial charge in [-0.3, -0.25) is 0 Å². The maximum atomic E-state index is 8.65. The summed E-state index contributed by atoms with van der Waals surface area (Å²) in [6.07, 6.45) is 14.1. The van der Waals surface area contributed by atoms with Gasteiger partial charge in [-0.05, 0) is 37.7 Å². The van der Waals surface area contributed by atoms with E-state index in [4.69, 9.17) is 5.11 Å². The van der Waals surface area contributed by atoms with Gasteiger partial charge in [0.25, 0.3) is 0 Å². The van der Waals surface area contributed by atoms with Crippen molar-refractivity contribution in [1.29, 1.82) is 0 Å². The van der Waals surface area contributed by atoms with E-state index in [0.29, 0.717) is 6.61 Å². The molecule has 0 fully saturated rings. The minimum atomic E-state index is 0.347. The van der Waals surface area contributed by atoms with E-state index in [-0.39, 0.29) is 0 Å². The van der Waals surface area contributed by atoms with Gasteiger partial charge in [-0.1, -0.05) is 61.7 Å². The van der Waals surface area contributed by atoms with Crippen LogP contribution in [0.15, 0.2) is 42.5 Å². The first-order valence-corrected chi connectivity index (χ1v) is 7.23. The number of aliphatic hydroxyl groups excluding tert-OH is 1. The van der Waals surface area contributed by atoms with Crippen LogP contribution < -0.4 is 0 Å². The largest absolute Gasteiger partial charge is 0.396 e. The molecule has 0 saturated heterocycles. The zero-order valence-corrected chi connectivity index (χ0v) is 11.4. The second-order valence-corrected chi connectivity index (χ2v) is 4.78. The van der Waals surface area contributed by atoms with Gasteiger partial charge in [0.15, 0.2) is 0 Å². The Hall–Kier alpha value is -1.08. The summed E-state index contributed by atoms with van der Waals surface area (Å²) in [5.74, 6) is 0. The third kappa shape index (κ3) is 8.08. The van der Waals surface area contributed by atoms with Gasteiger partial charge in [0.05, 0.1) is 0 Å². The fraction of sp³-hybridized carbons (Fsp3) is 0.529. The Morgan fingerprint density at radius 2 is 1.44 bits per heavy atom. The molecule has 1 nitrogen and oxygen atoms in total. The van der Waals surface area contributed by atoms with E-state index in [1.54, 1.807) is 0 Å². The third-order valence-corrected chi connectivity index (χ3v) is 3.14. The number of hydrogen-bond acceptors (Lipinski definition) is 1. The minimum absolute atomic E-state index is 0.347. The predicted molar refractivity (Wildman–Crippen MR) is 78.7 cm³/mol. The summed E-state index contributed by atoms with van der Waals surface area (Å²) in [6, 6.07) is 10.6. The van der Waals surface area contributed by atoms with E-state index in [0.717, 1.165) is 19.3 Å². The fourth-order valence-electron chi connectivity index (χ4n) is 2.03. The van der Waals surface area contributed by atoms with Crippen LogP contribution in [0.4, 0.5) is 0 Å². The molecule has 100 valence electrons. The quantitative estimate of drug-likeness (QED) is 0.476. The lowest BCUT2D eigenvalue weighted by Crippen LogP contribution is -1.83. The Balaban J connectivity index is 1.92. The molecule has 0 atom stereocenters. The van der Waals surface area contributed by atoms with Crippen LogP contribution >= 0.6 is 0 Å². The predicted octanol–water partition coefficient (Wildman–Crippen LogP) is 4.51. The van der Waals surface area contributed by atoms with Crippen LogP contribution in [0.5, 0.6) is 0 Å². The van der Waals surface area contributed by atoms with Gasteiger partial charge in [0, 0.05) is 6.61 Å². The molecule has 18 heavy (non-hydrogen) atoms. The first kappa shape index (κ1) is 15.0. The second kappa shape index (κ2) is 11.0. The molecule has 0 amide bonds. The standard InChI is InChI=1S/C17H26O/c18-16-12-7-5-3-1-2-4-6-9-13-17-14-10-8-11-15-17/h4,6,8,10-11,14-15,18H,1-3,5,7,9,12-13,16H2/b6-4+. The van der Waals surface area contributed by atoms with Gasteiger partial charge in [0.1, 0.15) is 0 Å². The van der Waals surface area contributed by atoms with Crippen molar-refractivity contribution in [2.45, 2.75) is 51.4 Å². The summed E-state index contributed by atoms with van der Waals surface area (Å²) in [7, 11) is 0. The first-order valence-electron chi connectivity index (χ1n) is 7.23. The summed E-state index contributed by atoms with van der Waals surface area (Å²) >= 11 is 0. The minimum Gasteiger partial charge on any atom is -0.396 e. The Labute approximate surface area is 112 Å². The summed E-state index contributed by atoms with van der Waals surface area (Å²) in [4.78, 5) is 0. The fourth-order valence-corrected chi connectivity index (χ4v) is 2.03. The highest BCUT2D eigenvalue weighted by atomic mass is 16.2. The van der Waals surface area contributed by atoms with Crippen LogP contribution in [0, 0.1) is 0 Å². The van der Waals surface area contributed by atoms with Crippen LogP contribution in [0.3, 0.4) is 0 Å². The molecule has 0 aliphatic carbocycles. The molecule has 1 rings (SSSR count). The monoisotopic (exact) mass is 246 g/mol. The van der Waals surface area contributed by atoms with Crippen LogP contribution in [0.2, 0.25) is 0 Å². The van der Waals surface area contributed by atoms with Gasteiger partial charge in [-0.15, -0.1) is 0 Å². The molecular weight excluding hydrogens is 220 g/mol. The number of hydrogen-bond donors (Lipinski definition) is 1. The summed E-state index contributed by atoms with van der Waals surface area (Å²) in [6.45, 7) is 0.347. The van der Waals surface area contributed by atoms with Gasteiger partial charge in [-0.25, -0.2) is 0 Å². The Bertz CT molecular complexity index is 303. The van der Waals surface area contributed by atoms with Crippen molar-refractivity contribution in [2.24, 2.45) is 0 Å². The zero-order valence-electron chi connectivity index (χ0n) is 11.4. The molecule has 0 aliphatic rings. The lowest BCUT2D eigenvalue weighted by molar-refractivity contribution is 0.282. The number of aliphatic hydroxyl groups is 1. The second-order valence-electron chi connectivity index (χ2n) is 4.78. The van der Waals surface area contributed by atoms with E-state index < -0.39 is 0 Å². The molecule has 1 aromatic carbocycles. The smallest absolute Gasteiger partial charge is 0.0431 e. The highest BCUT2D eigenvalue weighted by Gasteiger charge is 1.89. The van der Waals surface area contributed by atoms with Crippen molar-refractivity contribution in [1.82, 2.24) is 0 Å². The molecule has 0 saturated carbocycles. The van der Waals surface area contributed by atoms with Crippen molar-refractivity contribution in [3.8, 4) is 0 Å². The molecule has 0 aliphatic heterocycles. The van der Waals surface area contributed by atoms with E-state index >= 15 is 0 Å². The number of allylic oxidation sites excluding steroid dienone is 2. The number of benzene rings is 1. The lowest BCUT2D eigenvalue weighted by atomic mass is 10.1. The molecule has 0 unspecified atom stereocenters. The summed E-state index contributed by atoms with van der Waals surface area (Å²) in [5.41, 5.74) is 1.42. The molecule has 1 aromatic rings. The summed E-state index contributed by atoms with van der Waals surface area (Å²) < 4.78 is 0. The molecule has 0 heterocycles.